The van der Waals surface area contributed by atoms with Gasteiger partial charge >= 0.3 is 0 Å². The van der Waals surface area contributed by atoms with Crippen molar-refractivity contribution < 1.29 is 8.94 Å². The molecule has 0 radical (unpaired) electrons. The van der Waals surface area contributed by atoms with Gasteiger partial charge in [0.1, 0.15) is 0 Å². The van der Waals surface area contributed by atoms with E-state index in [1.807, 2.05) is 12.1 Å². The maximum absolute atomic E-state index is 5.24. The van der Waals surface area contributed by atoms with Gasteiger partial charge in [0.15, 0.2) is 5.76 Å². The number of nitrogens with one attached hydrogen (secondary N) is 1. The first-order valence-corrected chi connectivity index (χ1v) is 5.54. The largest absolute Gasteiger partial charge is 0.461 e. The molecular formula is C11H14ClN3O2. The Morgan fingerprint density at radius 1 is 1.35 bits per heavy atom. The summed E-state index contributed by atoms with van der Waals surface area (Å²) >= 11 is 0. The van der Waals surface area contributed by atoms with Gasteiger partial charge < -0.3 is 14.3 Å². The molecule has 1 aliphatic heterocycles. The molecule has 3 rings (SSSR count). The molecule has 1 saturated heterocycles. The number of halogens is 1. The molecule has 17 heavy (non-hydrogen) atoms. The number of nitrogens with zero attached hydrogens (tertiary/aromatic N) is 2. The smallest absolute Gasteiger partial charge is 0.244 e. The Morgan fingerprint density at radius 2 is 2.29 bits per heavy atom. The van der Waals surface area contributed by atoms with E-state index in [9.17, 15) is 0 Å². The standard InChI is InChI=1S/C11H13N3O2.ClH/c1-2-6-12-8(4-1)11-13-10(14-16-11)9-5-3-7-15-9;/h3,5,7-8,12H,1-2,4,6H2;1H/t8-;/m0./s1. The quantitative estimate of drug-likeness (QED) is 0.894. The van der Waals surface area contributed by atoms with Crippen molar-refractivity contribution in [2.24, 2.45) is 0 Å². The molecule has 1 atom stereocenters. The van der Waals surface area contributed by atoms with Gasteiger partial charge in [-0.15, -0.1) is 12.4 Å². The molecule has 0 bridgehead atoms. The fourth-order valence-electron chi connectivity index (χ4n) is 1.95. The third-order valence-corrected chi connectivity index (χ3v) is 2.79. The van der Waals surface area contributed by atoms with Crippen LogP contribution in [0.15, 0.2) is 27.3 Å². The Labute approximate surface area is 105 Å². The number of hydrogen-bond donors (Lipinski definition) is 1. The minimum atomic E-state index is 0. The lowest BCUT2D eigenvalue weighted by Gasteiger charge is -2.19. The average molecular weight is 256 g/mol. The van der Waals surface area contributed by atoms with Crippen molar-refractivity contribution >= 4 is 12.4 Å². The van der Waals surface area contributed by atoms with Crippen LogP contribution in [0.4, 0.5) is 0 Å². The van der Waals surface area contributed by atoms with Gasteiger partial charge in [-0.2, -0.15) is 4.98 Å². The van der Waals surface area contributed by atoms with Crippen LogP contribution < -0.4 is 5.32 Å². The van der Waals surface area contributed by atoms with Crippen LogP contribution in [0.5, 0.6) is 0 Å². The highest BCUT2D eigenvalue weighted by molar-refractivity contribution is 5.85. The molecule has 2 aromatic rings. The Hall–Kier alpha value is -1.33. The van der Waals surface area contributed by atoms with Crippen LogP contribution in [-0.4, -0.2) is 16.7 Å². The van der Waals surface area contributed by atoms with Crippen LogP contribution in [0.1, 0.15) is 31.2 Å². The minimum Gasteiger partial charge on any atom is -0.461 e. The van der Waals surface area contributed by atoms with E-state index in [0.717, 1.165) is 13.0 Å². The second-order valence-corrected chi connectivity index (χ2v) is 3.94. The fourth-order valence-corrected chi connectivity index (χ4v) is 1.95. The van der Waals surface area contributed by atoms with Crippen molar-refractivity contribution in [2.45, 2.75) is 25.3 Å². The lowest BCUT2D eigenvalue weighted by molar-refractivity contribution is 0.297. The Morgan fingerprint density at radius 3 is 3.00 bits per heavy atom. The van der Waals surface area contributed by atoms with E-state index >= 15 is 0 Å². The van der Waals surface area contributed by atoms with Crippen molar-refractivity contribution in [2.75, 3.05) is 6.54 Å². The van der Waals surface area contributed by atoms with E-state index in [-0.39, 0.29) is 18.4 Å². The van der Waals surface area contributed by atoms with Gasteiger partial charge in [-0.05, 0) is 31.5 Å². The topological polar surface area (TPSA) is 64.1 Å². The van der Waals surface area contributed by atoms with Crippen LogP contribution in [-0.2, 0) is 0 Å². The summed E-state index contributed by atoms with van der Waals surface area (Å²) in [7, 11) is 0. The predicted molar refractivity (Wildman–Crippen MR) is 63.8 cm³/mol. The van der Waals surface area contributed by atoms with Crippen molar-refractivity contribution in [1.29, 1.82) is 0 Å². The zero-order valence-electron chi connectivity index (χ0n) is 9.26. The van der Waals surface area contributed by atoms with Crippen molar-refractivity contribution in [3.8, 4) is 11.6 Å². The summed E-state index contributed by atoms with van der Waals surface area (Å²) in [5, 5.41) is 7.28. The molecular weight excluding hydrogens is 242 g/mol. The molecule has 1 aliphatic rings. The number of furan rings is 1. The number of piperidine rings is 1. The van der Waals surface area contributed by atoms with Gasteiger partial charge in [0.25, 0.3) is 0 Å². The molecule has 0 unspecified atom stereocenters. The normalized spacial score (nSPS) is 19.9. The van der Waals surface area contributed by atoms with Crippen LogP contribution in [0.25, 0.3) is 11.6 Å². The summed E-state index contributed by atoms with van der Waals surface area (Å²) in [6, 6.07) is 3.83. The lowest BCUT2D eigenvalue weighted by atomic mass is 10.1. The lowest BCUT2D eigenvalue weighted by Crippen LogP contribution is -2.26. The molecule has 2 aromatic heterocycles. The van der Waals surface area contributed by atoms with Crippen LogP contribution in [0.2, 0.25) is 0 Å². The van der Waals surface area contributed by atoms with Crippen molar-refractivity contribution in [3.05, 3.63) is 24.3 Å². The average Bonchev–Trinajstić information content (AvgIpc) is 3.01. The molecule has 0 saturated carbocycles. The van der Waals surface area contributed by atoms with E-state index in [1.54, 1.807) is 6.26 Å². The number of hydrogen-bond acceptors (Lipinski definition) is 5. The summed E-state index contributed by atoms with van der Waals surface area (Å²) in [4.78, 5) is 4.34. The molecule has 1 fully saturated rings. The first-order valence-electron chi connectivity index (χ1n) is 5.54. The molecule has 6 heteroatoms. The second-order valence-electron chi connectivity index (χ2n) is 3.94. The van der Waals surface area contributed by atoms with Crippen LogP contribution >= 0.6 is 12.4 Å². The van der Waals surface area contributed by atoms with Gasteiger partial charge in [0.2, 0.25) is 11.7 Å². The SMILES string of the molecule is Cl.c1coc(-c2noc([C@@H]3CCCCN3)n2)c1. The maximum atomic E-state index is 5.24. The summed E-state index contributed by atoms with van der Waals surface area (Å²) < 4.78 is 10.5. The van der Waals surface area contributed by atoms with Crippen molar-refractivity contribution in [1.82, 2.24) is 15.5 Å². The highest BCUT2D eigenvalue weighted by atomic mass is 35.5. The number of aromatic nitrogens is 2. The first kappa shape index (κ1) is 12.1. The summed E-state index contributed by atoms with van der Waals surface area (Å²) in [5.41, 5.74) is 0. The van der Waals surface area contributed by atoms with Crippen LogP contribution in [0.3, 0.4) is 0 Å². The Bertz CT molecular complexity index is 449. The first-order chi connectivity index (χ1) is 7.93. The van der Waals surface area contributed by atoms with Gasteiger partial charge in [0.05, 0.1) is 12.3 Å². The number of rotatable bonds is 2. The van der Waals surface area contributed by atoms with E-state index in [2.05, 4.69) is 15.5 Å². The second kappa shape index (κ2) is 5.33. The third kappa shape index (κ3) is 2.50. The molecule has 0 amide bonds. The minimum absolute atomic E-state index is 0. The molecule has 1 N–H and O–H groups in total. The maximum Gasteiger partial charge on any atom is 0.244 e. The Balaban J connectivity index is 0.00000108. The third-order valence-electron chi connectivity index (χ3n) is 2.79. The van der Waals surface area contributed by atoms with Gasteiger partial charge in [-0.25, -0.2) is 0 Å². The van der Waals surface area contributed by atoms with Gasteiger partial charge in [-0.3, -0.25) is 0 Å². The van der Waals surface area contributed by atoms with Crippen molar-refractivity contribution in [3.63, 3.8) is 0 Å². The molecule has 0 spiro atoms. The van der Waals surface area contributed by atoms with E-state index in [1.165, 1.54) is 12.8 Å². The van der Waals surface area contributed by atoms with Gasteiger partial charge in [-0.1, -0.05) is 11.6 Å². The summed E-state index contributed by atoms with van der Waals surface area (Å²) in [6.45, 7) is 1.02. The van der Waals surface area contributed by atoms with Gasteiger partial charge in [0, 0.05) is 0 Å². The van der Waals surface area contributed by atoms with E-state index < -0.39 is 0 Å². The van der Waals surface area contributed by atoms with Crippen LogP contribution in [0, 0.1) is 0 Å². The molecule has 5 nitrogen and oxygen atoms in total. The molecule has 92 valence electrons. The zero-order chi connectivity index (χ0) is 10.8. The fraction of sp³-hybridized carbons (Fsp3) is 0.455. The van der Waals surface area contributed by atoms with E-state index in [4.69, 9.17) is 8.94 Å². The van der Waals surface area contributed by atoms with E-state index in [0.29, 0.717) is 17.5 Å². The summed E-state index contributed by atoms with van der Waals surface area (Å²) in [6.07, 6.45) is 5.08. The monoisotopic (exact) mass is 255 g/mol. The molecule has 0 aromatic carbocycles. The Kier molecular flexibility index (Phi) is 3.81. The zero-order valence-corrected chi connectivity index (χ0v) is 10.1. The molecule has 0 aliphatic carbocycles. The molecule has 3 heterocycles. The summed E-state index contributed by atoms with van der Waals surface area (Å²) in [5.74, 6) is 1.82. The predicted octanol–water partition coefficient (Wildman–Crippen LogP) is 2.57. The highest BCUT2D eigenvalue weighted by Crippen LogP contribution is 2.24. The highest BCUT2D eigenvalue weighted by Gasteiger charge is 2.21.